The molecule has 1 radical (unpaired) electrons. The molecule has 0 unspecified atom stereocenters. The SMILES string of the molecule is FC(F)(F)[C](CCl)C(F)(F)F. The maximum atomic E-state index is 11.4. The molecule has 67 valence electrons. The summed E-state index contributed by atoms with van der Waals surface area (Å²) in [5.41, 5.74) is 0. The predicted octanol–water partition coefficient (Wildman–Crippen LogP) is 2.92. The molecular formula is C4H2ClF6. The van der Waals surface area contributed by atoms with Crippen molar-refractivity contribution in [2.75, 3.05) is 5.88 Å². The molecule has 0 aromatic carbocycles. The van der Waals surface area contributed by atoms with E-state index in [0.29, 0.717) is 0 Å². The molecule has 0 aliphatic heterocycles. The first kappa shape index (κ1) is 10.9. The zero-order valence-electron chi connectivity index (χ0n) is 4.85. The van der Waals surface area contributed by atoms with Crippen molar-refractivity contribution in [3.63, 3.8) is 0 Å². The first-order valence-corrected chi connectivity index (χ1v) is 2.79. The Morgan fingerprint density at radius 2 is 1.18 bits per heavy atom. The second-order valence-electron chi connectivity index (χ2n) is 1.61. The van der Waals surface area contributed by atoms with E-state index in [-0.39, 0.29) is 0 Å². The molecule has 11 heavy (non-hydrogen) atoms. The lowest BCUT2D eigenvalue weighted by Crippen LogP contribution is -2.35. The normalized spacial score (nSPS) is 14.2. The molecule has 0 spiro atoms. The Morgan fingerprint density at radius 1 is 0.909 bits per heavy atom. The van der Waals surface area contributed by atoms with Gasteiger partial charge in [-0.25, -0.2) is 0 Å². The summed E-state index contributed by atoms with van der Waals surface area (Å²) < 4.78 is 68.2. The summed E-state index contributed by atoms with van der Waals surface area (Å²) in [6.45, 7) is 0. The van der Waals surface area contributed by atoms with Crippen LogP contribution in [-0.2, 0) is 0 Å². The van der Waals surface area contributed by atoms with Gasteiger partial charge in [0, 0.05) is 5.88 Å². The molecule has 0 rings (SSSR count). The Labute approximate surface area is 63.1 Å². The summed E-state index contributed by atoms with van der Waals surface area (Å²) in [6, 6.07) is 0. The highest BCUT2D eigenvalue weighted by atomic mass is 35.5. The van der Waals surface area contributed by atoms with Gasteiger partial charge in [0.05, 0.1) is 0 Å². The monoisotopic (exact) mass is 199 g/mol. The average molecular weight is 200 g/mol. The fourth-order valence-corrected chi connectivity index (χ4v) is 0.615. The number of hydrogen-bond donors (Lipinski definition) is 0. The van der Waals surface area contributed by atoms with Gasteiger partial charge in [-0.3, -0.25) is 0 Å². The molecule has 0 aliphatic rings. The minimum absolute atomic E-state index is 1.58. The zero-order valence-corrected chi connectivity index (χ0v) is 5.61. The zero-order chi connectivity index (χ0) is 9.28. The summed E-state index contributed by atoms with van der Waals surface area (Å²) in [5.74, 6) is -4.15. The highest BCUT2D eigenvalue weighted by Gasteiger charge is 2.56. The fraction of sp³-hybridized carbons (Fsp3) is 0.750. The molecule has 0 bridgehead atoms. The van der Waals surface area contributed by atoms with Crippen molar-refractivity contribution >= 4 is 11.6 Å². The molecule has 0 aromatic heterocycles. The van der Waals surface area contributed by atoms with E-state index in [1.807, 2.05) is 0 Å². The third-order valence-corrected chi connectivity index (χ3v) is 1.09. The van der Waals surface area contributed by atoms with E-state index in [9.17, 15) is 26.3 Å². The lowest BCUT2D eigenvalue weighted by Gasteiger charge is -2.18. The molecule has 0 amide bonds. The van der Waals surface area contributed by atoms with Gasteiger partial charge in [-0.2, -0.15) is 26.3 Å². The fourth-order valence-electron chi connectivity index (χ4n) is 0.312. The van der Waals surface area contributed by atoms with Crippen LogP contribution in [0.15, 0.2) is 0 Å². The van der Waals surface area contributed by atoms with E-state index in [2.05, 4.69) is 11.6 Å². The summed E-state index contributed by atoms with van der Waals surface area (Å²) >= 11 is 4.46. The van der Waals surface area contributed by atoms with Gasteiger partial charge < -0.3 is 0 Å². The quantitative estimate of drug-likeness (QED) is 0.450. The van der Waals surface area contributed by atoms with Gasteiger partial charge in [0.1, 0.15) is 0 Å². The third-order valence-electron chi connectivity index (χ3n) is 0.818. The van der Waals surface area contributed by atoms with E-state index in [0.717, 1.165) is 0 Å². The number of hydrogen-bond acceptors (Lipinski definition) is 0. The molecule has 0 aromatic rings. The standard InChI is InChI=1S/C4H2ClF6/c5-1-2(3(6,7)8)4(9,10)11/h1H2. The molecule has 0 saturated carbocycles. The first-order chi connectivity index (χ1) is 4.69. The van der Waals surface area contributed by atoms with Crippen molar-refractivity contribution in [1.82, 2.24) is 0 Å². The number of rotatable bonds is 1. The smallest absolute Gasteiger partial charge is 0.170 e. The van der Waals surface area contributed by atoms with Crippen LogP contribution in [0.25, 0.3) is 0 Å². The van der Waals surface area contributed by atoms with Crippen LogP contribution < -0.4 is 0 Å². The van der Waals surface area contributed by atoms with E-state index in [1.54, 1.807) is 0 Å². The number of halogens is 7. The Hall–Kier alpha value is -0.130. The van der Waals surface area contributed by atoms with Gasteiger partial charge in [-0.15, -0.1) is 11.6 Å². The molecule has 0 aliphatic carbocycles. The summed E-state index contributed by atoms with van der Waals surface area (Å²) in [7, 11) is 0. The molecular weight excluding hydrogens is 197 g/mol. The lowest BCUT2D eigenvalue weighted by atomic mass is 10.2. The second-order valence-corrected chi connectivity index (χ2v) is 1.87. The molecule has 0 N–H and O–H groups in total. The summed E-state index contributed by atoms with van der Waals surface area (Å²) in [6.07, 6.45) is -10.8. The van der Waals surface area contributed by atoms with Crippen molar-refractivity contribution in [2.45, 2.75) is 12.4 Å². The van der Waals surface area contributed by atoms with Crippen LogP contribution in [0.2, 0.25) is 0 Å². The topological polar surface area (TPSA) is 0 Å². The Morgan fingerprint density at radius 3 is 1.18 bits per heavy atom. The number of alkyl halides is 7. The van der Waals surface area contributed by atoms with Crippen molar-refractivity contribution in [1.29, 1.82) is 0 Å². The summed E-state index contributed by atoms with van der Waals surface area (Å²) in [4.78, 5) is 0. The van der Waals surface area contributed by atoms with E-state index in [4.69, 9.17) is 0 Å². The average Bonchev–Trinajstić information content (AvgIpc) is 1.56. The Kier molecular flexibility index (Phi) is 3.05. The van der Waals surface area contributed by atoms with Gasteiger partial charge in [-0.05, 0) is 0 Å². The largest absolute Gasteiger partial charge is 0.405 e. The summed E-state index contributed by atoms with van der Waals surface area (Å²) in [5, 5.41) is 0. The van der Waals surface area contributed by atoms with E-state index in [1.165, 1.54) is 0 Å². The van der Waals surface area contributed by atoms with E-state index >= 15 is 0 Å². The van der Waals surface area contributed by atoms with Crippen molar-refractivity contribution in [3.8, 4) is 0 Å². The highest BCUT2D eigenvalue weighted by molar-refractivity contribution is 6.19. The van der Waals surface area contributed by atoms with Crippen LogP contribution >= 0.6 is 11.6 Å². The molecule has 0 nitrogen and oxygen atoms in total. The van der Waals surface area contributed by atoms with Crippen LogP contribution in [0, 0.1) is 5.92 Å². The van der Waals surface area contributed by atoms with Crippen LogP contribution in [0.3, 0.4) is 0 Å². The molecule has 0 heterocycles. The van der Waals surface area contributed by atoms with Crippen molar-refractivity contribution in [2.24, 2.45) is 0 Å². The van der Waals surface area contributed by atoms with Gasteiger partial charge in [0.15, 0.2) is 5.92 Å². The second kappa shape index (κ2) is 3.08. The molecule has 0 atom stereocenters. The Balaban J connectivity index is 4.43. The first-order valence-electron chi connectivity index (χ1n) is 2.25. The lowest BCUT2D eigenvalue weighted by molar-refractivity contribution is -0.201. The minimum Gasteiger partial charge on any atom is -0.170 e. The third kappa shape index (κ3) is 3.18. The van der Waals surface area contributed by atoms with Crippen LogP contribution in [0.4, 0.5) is 26.3 Å². The Bertz CT molecular complexity index is 110. The molecule has 7 heteroatoms. The predicted molar refractivity (Wildman–Crippen MR) is 26.1 cm³/mol. The van der Waals surface area contributed by atoms with Crippen molar-refractivity contribution in [3.05, 3.63) is 5.92 Å². The van der Waals surface area contributed by atoms with Gasteiger partial charge >= 0.3 is 12.4 Å². The van der Waals surface area contributed by atoms with Gasteiger partial charge in [-0.1, -0.05) is 0 Å². The molecule has 0 saturated heterocycles. The van der Waals surface area contributed by atoms with E-state index < -0.39 is 24.2 Å². The van der Waals surface area contributed by atoms with Crippen molar-refractivity contribution < 1.29 is 26.3 Å². The van der Waals surface area contributed by atoms with Crippen LogP contribution in [0.5, 0.6) is 0 Å². The minimum atomic E-state index is -5.39. The van der Waals surface area contributed by atoms with Gasteiger partial charge in [0.2, 0.25) is 0 Å². The van der Waals surface area contributed by atoms with Crippen LogP contribution in [-0.4, -0.2) is 18.2 Å². The molecule has 0 fully saturated rings. The van der Waals surface area contributed by atoms with Gasteiger partial charge in [0.25, 0.3) is 0 Å². The van der Waals surface area contributed by atoms with Crippen LogP contribution in [0.1, 0.15) is 0 Å². The highest BCUT2D eigenvalue weighted by Crippen LogP contribution is 2.41. The maximum absolute atomic E-state index is 11.4. The maximum Gasteiger partial charge on any atom is 0.405 e.